The van der Waals surface area contributed by atoms with Gasteiger partial charge in [-0.3, -0.25) is 0 Å². The Morgan fingerprint density at radius 3 is 2.76 bits per heavy atom. The van der Waals surface area contributed by atoms with E-state index < -0.39 is 11.4 Å². The van der Waals surface area contributed by atoms with Gasteiger partial charge in [-0.2, -0.15) is 0 Å². The lowest BCUT2D eigenvalue weighted by molar-refractivity contribution is -0.308. The number of hydrogen-bond acceptors (Lipinski definition) is 4. The Hall–Kier alpha value is -1.55. The number of carbonyl (C=O) groups is 1. The second kappa shape index (κ2) is 6.06. The van der Waals surface area contributed by atoms with Crippen LogP contribution in [0.1, 0.15) is 45.1 Å². The van der Waals surface area contributed by atoms with Crippen LogP contribution in [0.3, 0.4) is 0 Å². The molecule has 0 aliphatic carbocycles. The van der Waals surface area contributed by atoms with E-state index in [0.29, 0.717) is 19.4 Å². The molecule has 1 aliphatic rings. The molecule has 2 unspecified atom stereocenters. The van der Waals surface area contributed by atoms with Crippen LogP contribution in [-0.4, -0.2) is 25.3 Å². The van der Waals surface area contributed by atoms with Crippen LogP contribution in [0, 0.1) is 0 Å². The van der Waals surface area contributed by atoms with E-state index in [1.54, 1.807) is 7.11 Å². The van der Waals surface area contributed by atoms with Crippen LogP contribution in [0.25, 0.3) is 0 Å². The number of aliphatic carboxylic acids is 1. The highest BCUT2D eigenvalue weighted by Gasteiger charge is 2.44. The van der Waals surface area contributed by atoms with Gasteiger partial charge in [-0.15, -0.1) is 0 Å². The zero-order valence-electron chi connectivity index (χ0n) is 13.0. The zero-order chi connectivity index (χ0) is 15.5. The molecule has 1 fully saturated rings. The van der Waals surface area contributed by atoms with Crippen LogP contribution in [0.4, 0.5) is 0 Å². The van der Waals surface area contributed by atoms with Crippen molar-refractivity contribution in [1.82, 2.24) is 0 Å². The van der Waals surface area contributed by atoms with Crippen molar-refractivity contribution in [2.24, 2.45) is 0 Å². The highest BCUT2D eigenvalue weighted by atomic mass is 16.5. The molecule has 2 rings (SSSR count). The molecule has 0 N–H and O–H groups in total. The first-order valence-corrected chi connectivity index (χ1v) is 7.42. The lowest BCUT2D eigenvalue weighted by atomic mass is 9.66. The molecule has 1 saturated heterocycles. The summed E-state index contributed by atoms with van der Waals surface area (Å²) in [6.45, 7) is 4.67. The molecule has 0 saturated carbocycles. The van der Waals surface area contributed by atoms with Gasteiger partial charge in [0.15, 0.2) is 0 Å². The van der Waals surface area contributed by atoms with E-state index in [2.05, 4.69) is 6.92 Å². The van der Waals surface area contributed by atoms with Gasteiger partial charge in [0.05, 0.1) is 12.7 Å². The number of rotatable bonds is 5. The summed E-state index contributed by atoms with van der Waals surface area (Å²) in [5.74, 6) is -0.291. The fourth-order valence-electron chi connectivity index (χ4n) is 3.41. The Morgan fingerprint density at radius 2 is 2.14 bits per heavy atom. The minimum atomic E-state index is -1.03. The molecule has 116 valence electrons. The molecule has 1 heterocycles. The van der Waals surface area contributed by atoms with Gasteiger partial charge in [0.2, 0.25) is 0 Å². The molecule has 0 amide bonds. The topological polar surface area (TPSA) is 58.6 Å². The summed E-state index contributed by atoms with van der Waals surface area (Å²) in [7, 11) is 1.61. The molecule has 0 bridgehead atoms. The van der Waals surface area contributed by atoms with Crippen LogP contribution in [0.15, 0.2) is 24.3 Å². The molecule has 21 heavy (non-hydrogen) atoms. The molecule has 0 radical (unpaired) electrons. The average Bonchev–Trinajstić information content (AvgIpc) is 2.46. The number of carboxylic acid groups (broad SMARTS) is 1. The first-order chi connectivity index (χ1) is 9.95. The highest BCUT2D eigenvalue weighted by molar-refractivity contribution is 5.67. The van der Waals surface area contributed by atoms with Gasteiger partial charge in [0.1, 0.15) is 5.75 Å². The third kappa shape index (κ3) is 3.21. The number of carboxylic acids is 1. The monoisotopic (exact) mass is 291 g/mol. The Balaban J connectivity index is 2.49. The maximum Gasteiger partial charge on any atom is 0.122 e. The molecule has 2 atom stereocenters. The van der Waals surface area contributed by atoms with E-state index in [1.807, 2.05) is 31.2 Å². The van der Waals surface area contributed by atoms with Crippen molar-refractivity contribution in [3.05, 3.63) is 29.8 Å². The molecule has 4 heteroatoms. The van der Waals surface area contributed by atoms with Gasteiger partial charge in [-0.1, -0.05) is 25.1 Å². The Morgan fingerprint density at radius 1 is 1.43 bits per heavy atom. The predicted octanol–water partition coefficient (Wildman–Crippen LogP) is 2.05. The molecule has 4 nitrogen and oxygen atoms in total. The molecule has 0 aromatic heterocycles. The predicted molar refractivity (Wildman–Crippen MR) is 78.2 cm³/mol. The van der Waals surface area contributed by atoms with Gasteiger partial charge in [-0.05, 0) is 38.7 Å². The minimum absolute atomic E-state index is 0.00762. The van der Waals surface area contributed by atoms with Gasteiger partial charge in [0, 0.05) is 23.6 Å². The smallest absolute Gasteiger partial charge is 0.122 e. The second-order valence-electron chi connectivity index (χ2n) is 6.11. The normalized spacial score (nSPS) is 29.1. The Labute approximate surface area is 126 Å². The van der Waals surface area contributed by atoms with Crippen molar-refractivity contribution in [3.8, 4) is 5.75 Å². The second-order valence-corrected chi connectivity index (χ2v) is 6.11. The SMILES string of the molecule is CCC1(C)CC(CC(=O)[O-])(c2ccccc2OC)CCO1. The zero-order valence-corrected chi connectivity index (χ0v) is 13.0. The molecule has 1 aromatic carbocycles. The van der Waals surface area contributed by atoms with Crippen molar-refractivity contribution in [3.63, 3.8) is 0 Å². The summed E-state index contributed by atoms with van der Waals surface area (Å²) in [6.07, 6.45) is 2.16. The number of carbonyl (C=O) groups excluding carboxylic acids is 1. The molecule has 1 aromatic rings. The van der Waals surface area contributed by atoms with E-state index in [4.69, 9.17) is 9.47 Å². The maximum absolute atomic E-state index is 11.4. The lowest BCUT2D eigenvalue weighted by Gasteiger charge is -2.47. The van der Waals surface area contributed by atoms with Crippen LogP contribution < -0.4 is 9.84 Å². The van der Waals surface area contributed by atoms with Crippen molar-refractivity contribution in [2.45, 2.75) is 50.5 Å². The summed E-state index contributed by atoms with van der Waals surface area (Å²) in [5, 5.41) is 11.4. The van der Waals surface area contributed by atoms with Crippen molar-refractivity contribution < 1.29 is 19.4 Å². The highest BCUT2D eigenvalue weighted by Crippen LogP contribution is 2.47. The van der Waals surface area contributed by atoms with Crippen LogP contribution in [0.5, 0.6) is 5.75 Å². The van der Waals surface area contributed by atoms with E-state index in [1.165, 1.54) is 0 Å². The van der Waals surface area contributed by atoms with Crippen molar-refractivity contribution in [1.29, 1.82) is 0 Å². The Kier molecular flexibility index (Phi) is 4.57. The third-order valence-electron chi connectivity index (χ3n) is 4.65. The summed E-state index contributed by atoms with van der Waals surface area (Å²) >= 11 is 0. The lowest BCUT2D eigenvalue weighted by Crippen LogP contribution is -2.48. The fraction of sp³-hybridized carbons (Fsp3) is 0.588. The van der Waals surface area contributed by atoms with E-state index in [-0.39, 0.29) is 12.0 Å². The summed E-state index contributed by atoms with van der Waals surface area (Å²) in [4.78, 5) is 11.4. The quantitative estimate of drug-likeness (QED) is 0.833. The van der Waals surface area contributed by atoms with E-state index in [9.17, 15) is 9.90 Å². The minimum Gasteiger partial charge on any atom is -0.550 e. The van der Waals surface area contributed by atoms with E-state index in [0.717, 1.165) is 17.7 Å². The molecule has 0 spiro atoms. The summed E-state index contributed by atoms with van der Waals surface area (Å²) in [5.41, 5.74) is 0.142. The maximum atomic E-state index is 11.4. The van der Waals surface area contributed by atoms with Gasteiger partial charge >= 0.3 is 0 Å². The first kappa shape index (κ1) is 15.8. The van der Waals surface area contributed by atoms with Crippen molar-refractivity contribution in [2.75, 3.05) is 13.7 Å². The standard InChI is InChI=1S/C17H24O4/c1-4-16(2)12-17(9-10-21-16,11-15(18)19)13-7-5-6-8-14(13)20-3/h5-8H,4,9-12H2,1-3H3,(H,18,19)/p-1. The van der Waals surface area contributed by atoms with Crippen LogP contribution in [-0.2, 0) is 14.9 Å². The third-order valence-corrected chi connectivity index (χ3v) is 4.65. The number of hydrogen-bond donors (Lipinski definition) is 0. The Bertz CT molecular complexity index is 513. The molecular formula is C17H23O4-. The molecule has 1 aliphatic heterocycles. The van der Waals surface area contributed by atoms with Gasteiger partial charge in [-0.25, -0.2) is 0 Å². The number of ether oxygens (including phenoxy) is 2. The van der Waals surface area contributed by atoms with Crippen LogP contribution >= 0.6 is 0 Å². The summed E-state index contributed by atoms with van der Waals surface area (Å²) < 4.78 is 11.3. The van der Waals surface area contributed by atoms with Crippen LogP contribution in [0.2, 0.25) is 0 Å². The number of methoxy groups -OCH3 is 1. The fourth-order valence-corrected chi connectivity index (χ4v) is 3.41. The number of para-hydroxylation sites is 1. The summed E-state index contributed by atoms with van der Waals surface area (Å²) in [6, 6.07) is 7.66. The largest absolute Gasteiger partial charge is 0.550 e. The van der Waals surface area contributed by atoms with Gasteiger partial charge in [0.25, 0.3) is 0 Å². The van der Waals surface area contributed by atoms with Gasteiger partial charge < -0.3 is 19.4 Å². The average molecular weight is 291 g/mol. The number of benzene rings is 1. The van der Waals surface area contributed by atoms with E-state index >= 15 is 0 Å². The van der Waals surface area contributed by atoms with Crippen molar-refractivity contribution >= 4 is 5.97 Å². The molecular weight excluding hydrogens is 268 g/mol. The first-order valence-electron chi connectivity index (χ1n) is 7.42.